The highest BCUT2D eigenvalue weighted by Crippen LogP contribution is 2.27. The quantitative estimate of drug-likeness (QED) is 0.582. The van der Waals surface area contributed by atoms with E-state index in [1.807, 2.05) is 18.2 Å². The molecule has 0 bridgehead atoms. The Morgan fingerprint density at radius 2 is 2.36 bits per heavy atom. The van der Waals surface area contributed by atoms with Crippen LogP contribution in [0.1, 0.15) is 11.1 Å². The minimum atomic E-state index is 0.312. The number of aromatic hydroxyl groups is 1. The molecule has 2 rings (SSSR count). The fourth-order valence-corrected chi connectivity index (χ4v) is 1.62. The lowest BCUT2D eigenvalue weighted by Gasteiger charge is -2.08. The van der Waals surface area contributed by atoms with Crippen LogP contribution < -0.4 is 0 Å². The summed E-state index contributed by atoms with van der Waals surface area (Å²) in [5, 5.41) is 9.70. The number of phenolic OH excluding ortho intramolecular Hbond substituents is 1. The van der Waals surface area contributed by atoms with Gasteiger partial charge in [0.1, 0.15) is 5.75 Å². The second kappa shape index (κ2) is 3.84. The van der Waals surface area contributed by atoms with Crippen LogP contribution in [0.15, 0.2) is 30.9 Å². The SMILES string of the molecule is C=CCc1cccc(O)c1CC1CO1. The number of allylic oxidation sites excluding steroid dienone is 1. The standard InChI is InChI=1S/C12H14O2/c1-2-4-9-5-3-6-12(13)11(9)7-10-8-14-10/h2-3,5-6,10,13H,1,4,7-8H2. The maximum absolute atomic E-state index is 9.70. The molecule has 0 aromatic heterocycles. The fourth-order valence-electron chi connectivity index (χ4n) is 1.62. The van der Waals surface area contributed by atoms with Crippen molar-refractivity contribution >= 4 is 0 Å². The van der Waals surface area contributed by atoms with Gasteiger partial charge in [0.05, 0.1) is 12.7 Å². The number of benzene rings is 1. The predicted octanol–water partition coefficient (Wildman–Crippen LogP) is 2.06. The Kier molecular flexibility index (Phi) is 2.55. The van der Waals surface area contributed by atoms with Crippen molar-refractivity contribution in [2.75, 3.05) is 6.61 Å². The molecule has 0 spiro atoms. The molecule has 2 heteroatoms. The first-order valence-corrected chi connectivity index (χ1v) is 4.83. The molecule has 14 heavy (non-hydrogen) atoms. The molecule has 1 aromatic rings. The van der Waals surface area contributed by atoms with E-state index in [1.165, 1.54) is 0 Å². The summed E-state index contributed by atoms with van der Waals surface area (Å²) in [6.07, 6.45) is 3.78. The van der Waals surface area contributed by atoms with Crippen LogP contribution >= 0.6 is 0 Å². The molecule has 1 aliphatic heterocycles. The van der Waals surface area contributed by atoms with Gasteiger partial charge in [-0.3, -0.25) is 0 Å². The van der Waals surface area contributed by atoms with Gasteiger partial charge in [-0.2, -0.15) is 0 Å². The van der Waals surface area contributed by atoms with Crippen LogP contribution in [0, 0.1) is 0 Å². The molecule has 0 saturated carbocycles. The van der Waals surface area contributed by atoms with E-state index in [0.29, 0.717) is 11.9 Å². The summed E-state index contributed by atoms with van der Waals surface area (Å²) >= 11 is 0. The summed E-state index contributed by atoms with van der Waals surface area (Å²) in [7, 11) is 0. The number of rotatable bonds is 4. The Hall–Kier alpha value is -1.28. The van der Waals surface area contributed by atoms with Gasteiger partial charge in [0.25, 0.3) is 0 Å². The summed E-state index contributed by atoms with van der Waals surface area (Å²) in [5.41, 5.74) is 2.16. The van der Waals surface area contributed by atoms with Crippen LogP contribution in [0.2, 0.25) is 0 Å². The van der Waals surface area contributed by atoms with Crippen molar-refractivity contribution < 1.29 is 9.84 Å². The lowest BCUT2D eigenvalue weighted by atomic mass is 9.99. The van der Waals surface area contributed by atoms with Gasteiger partial charge in [-0.25, -0.2) is 0 Å². The first-order chi connectivity index (χ1) is 6.81. The topological polar surface area (TPSA) is 32.8 Å². The molecule has 1 N–H and O–H groups in total. The molecule has 2 nitrogen and oxygen atoms in total. The van der Waals surface area contributed by atoms with E-state index in [9.17, 15) is 5.11 Å². The third-order valence-corrected chi connectivity index (χ3v) is 2.45. The van der Waals surface area contributed by atoms with Crippen molar-refractivity contribution in [2.24, 2.45) is 0 Å². The van der Waals surface area contributed by atoms with E-state index >= 15 is 0 Å². The summed E-state index contributed by atoms with van der Waals surface area (Å²) < 4.78 is 5.16. The van der Waals surface area contributed by atoms with Gasteiger partial charge in [0.15, 0.2) is 0 Å². The number of phenols is 1. The number of epoxide rings is 1. The van der Waals surface area contributed by atoms with E-state index in [1.54, 1.807) is 6.07 Å². The van der Waals surface area contributed by atoms with Crippen molar-refractivity contribution in [2.45, 2.75) is 18.9 Å². The normalized spacial score (nSPS) is 19.3. The smallest absolute Gasteiger partial charge is 0.119 e. The summed E-state index contributed by atoms with van der Waals surface area (Å²) in [6, 6.07) is 5.62. The Bertz CT molecular complexity index is 340. The van der Waals surface area contributed by atoms with E-state index in [2.05, 4.69) is 6.58 Å². The minimum Gasteiger partial charge on any atom is -0.508 e. The molecule has 1 fully saturated rings. The Balaban J connectivity index is 2.26. The molecule has 1 heterocycles. The number of hydrogen-bond donors (Lipinski definition) is 1. The lowest BCUT2D eigenvalue weighted by molar-refractivity contribution is 0.401. The highest BCUT2D eigenvalue weighted by Gasteiger charge is 2.24. The average molecular weight is 190 g/mol. The van der Waals surface area contributed by atoms with Crippen LogP contribution in [0.4, 0.5) is 0 Å². The highest BCUT2D eigenvalue weighted by molar-refractivity contribution is 5.40. The lowest BCUT2D eigenvalue weighted by Crippen LogP contribution is -1.98. The van der Waals surface area contributed by atoms with Gasteiger partial charge in [-0.1, -0.05) is 18.2 Å². The molecule has 74 valence electrons. The van der Waals surface area contributed by atoms with E-state index < -0.39 is 0 Å². The van der Waals surface area contributed by atoms with Crippen LogP contribution in [-0.2, 0) is 17.6 Å². The predicted molar refractivity (Wildman–Crippen MR) is 55.5 cm³/mol. The molecule has 1 atom stereocenters. The number of hydrogen-bond acceptors (Lipinski definition) is 2. The highest BCUT2D eigenvalue weighted by atomic mass is 16.6. The third-order valence-electron chi connectivity index (χ3n) is 2.45. The van der Waals surface area contributed by atoms with E-state index in [0.717, 1.165) is 30.6 Å². The number of ether oxygens (including phenoxy) is 1. The summed E-state index contributed by atoms with van der Waals surface area (Å²) in [5.74, 6) is 0.375. The first kappa shape index (κ1) is 9.28. The van der Waals surface area contributed by atoms with E-state index in [4.69, 9.17) is 4.74 Å². The zero-order valence-corrected chi connectivity index (χ0v) is 8.07. The van der Waals surface area contributed by atoms with Crippen LogP contribution in [0.25, 0.3) is 0 Å². The Morgan fingerprint density at radius 3 is 3.00 bits per heavy atom. The van der Waals surface area contributed by atoms with Crippen LogP contribution in [0.3, 0.4) is 0 Å². The fraction of sp³-hybridized carbons (Fsp3) is 0.333. The van der Waals surface area contributed by atoms with Gasteiger partial charge in [-0.15, -0.1) is 6.58 Å². The monoisotopic (exact) mass is 190 g/mol. The second-order valence-electron chi connectivity index (χ2n) is 3.57. The molecular formula is C12H14O2. The van der Waals surface area contributed by atoms with Crippen molar-refractivity contribution in [1.29, 1.82) is 0 Å². The van der Waals surface area contributed by atoms with Crippen LogP contribution in [-0.4, -0.2) is 17.8 Å². The molecular weight excluding hydrogens is 176 g/mol. The molecule has 0 amide bonds. The maximum atomic E-state index is 9.70. The largest absolute Gasteiger partial charge is 0.508 e. The summed E-state index contributed by atoms with van der Waals surface area (Å²) in [4.78, 5) is 0. The molecule has 1 aromatic carbocycles. The third kappa shape index (κ3) is 1.96. The second-order valence-corrected chi connectivity index (χ2v) is 3.57. The zero-order chi connectivity index (χ0) is 9.97. The van der Waals surface area contributed by atoms with Crippen LogP contribution in [0.5, 0.6) is 5.75 Å². The van der Waals surface area contributed by atoms with Gasteiger partial charge in [-0.05, 0) is 18.1 Å². The molecule has 1 saturated heterocycles. The Labute approximate surface area is 83.8 Å². The first-order valence-electron chi connectivity index (χ1n) is 4.83. The molecule has 0 aliphatic carbocycles. The summed E-state index contributed by atoms with van der Waals surface area (Å²) in [6.45, 7) is 4.53. The van der Waals surface area contributed by atoms with Crippen molar-refractivity contribution in [3.63, 3.8) is 0 Å². The maximum Gasteiger partial charge on any atom is 0.119 e. The van der Waals surface area contributed by atoms with Gasteiger partial charge >= 0.3 is 0 Å². The molecule has 1 aliphatic rings. The average Bonchev–Trinajstić information content (AvgIpc) is 2.95. The molecule has 1 unspecified atom stereocenters. The minimum absolute atomic E-state index is 0.312. The van der Waals surface area contributed by atoms with Gasteiger partial charge in [0, 0.05) is 12.0 Å². The van der Waals surface area contributed by atoms with Crippen molar-refractivity contribution in [3.05, 3.63) is 42.0 Å². The zero-order valence-electron chi connectivity index (χ0n) is 8.07. The van der Waals surface area contributed by atoms with Gasteiger partial charge < -0.3 is 9.84 Å². The Morgan fingerprint density at radius 1 is 1.57 bits per heavy atom. The van der Waals surface area contributed by atoms with Crippen molar-refractivity contribution in [3.8, 4) is 5.75 Å². The molecule has 0 radical (unpaired) electrons. The van der Waals surface area contributed by atoms with E-state index in [-0.39, 0.29) is 0 Å². The van der Waals surface area contributed by atoms with Gasteiger partial charge in [0.2, 0.25) is 0 Å². The van der Waals surface area contributed by atoms with Crippen molar-refractivity contribution in [1.82, 2.24) is 0 Å².